The van der Waals surface area contributed by atoms with Gasteiger partial charge in [-0.05, 0) is 124 Å². The van der Waals surface area contributed by atoms with Crippen LogP contribution in [0.5, 0.6) is 5.75 Å². The number of benzene rings is 2. The number of likely N-dealkylation sites (N-methyl/N-ethyl adjacent to an activating group) is 1. The highest BCUT2D eigenvalue weighted by Crippen LogP contribution is 2.40. The van der Waals surface area contributed by atoms with Crippen LogP contribution in [0.2, 0.25) is 0 Å². The summed E-state index contributed by atoms with van der Waals surface area (Å²) in [6, 6.07) is 11.3. The average Bonchev–Trinajstić information content (AvgIpc) is 3.29. The summed E-state index contributed by atoms with van der Waals surface area (Å²) >= 11 is 0. The molecule has 18 atom stereocenters. The second-order valence-corrected chi connectivity index (χ2v) is 21.2. The Labute approximate surface area is 405 Å². The molecular weight excluding hydrogens is 875 g/mol. The molecule has 5 rings (SSSR count). The fraction of sp³-hybridized carbons (Fsp3) is 0.788. The predicted octanol–water partition coefficient (Wildman–Crippen LogP) is 4.61. The highest BCUT2D eigenvalue weighted by Gasteiger charge is 2.53. The van der Waals surface area contributed by atoms with Gasteiger partial charge in [0.05, 0.1) is 48.6 Å². The molecule has 0 radical (unpaired) electrons. The zero-order valence-electron chi connectivity index (χ0n) is 43.4. The van der Waals surface area contributed by atoms with Crippen molar-refractivity contribution in [1.82, 2.24) is 15.1 Å². The third-order valence-electron chi connectivity index (χ3n) is 15.4. The van der Waals surface area contributed by atoms with E-state index < -0.39 is 96.0 Å². The molecule has 0 aromatic heterocycles. The monoisotopic (exact) mass is 962 g/mol. The normalized spacial score (nSPS) is 40.7. The van der Waals surface area contributed by atoms with E-state index in [9.17, 15) is 30.3 Å². The van der Waals surface area contributed by atoms with Crippen molar-refractivity contribution in [2.75, 3.05) is 47.9 Å². The highest BCUT2D eigenvalue weighted by atomic mass is 16.7. The van der Waals surface area contributed by atoms with E-state index in [1.54, 1.807) is 41.7 Å². The number of ether oxygens (including phenoxy) is 7. The Kier molecular flexibility index (Phi) is 19.7. The minimum atomic E-state index is -1.88. The molecule has 0 unspecified atom stereocenters. The van der Waals surface area contributed by atoms with Gasteiger partial charge in [-0.25, -0.2) is 0 Å². The van der Waals surface area contributed by atoms with Crippen LogP contribution in [-0.2, 0) is 39.8 Å². The summed E-state index contributed by atoms with van der Waals surface area (Å²) in [4.78, 5) is 18.7. The molecule has 0 saturated carbocycles. The van der Waals surface area contributed by atoms with E-state index in [0.29, 0.717) is 39.0 Å². The molecule has 0 aliphatic carbocycles. The van der Waals surface area contributed by atoms with Crippen molar-refractivity contribution in [1.29, 1.82) is 0 Å². The number of rotatable bonds is 14. The van der Waals surface area contributed by atoms with Gasteiger partial charge in [0.15, 0.2) is 12.6 Å². The van der Waals surface area contributed by atoms with Crippen LogP contribution in [-0.4, -0.2) is 180 Å². The van der Waals surface area contributed by atoms with Crippen LogP contribution in [0, 0.1) is 17.8 Å². The first kappa shape index (κ1) is 56.4. The summed E-state index contributed by atoms with van der Waals surface area (Å²) in [5.74, 6) is -1.94. The number of hydrogen-bond donors (Lipinski definition) is 6. The quantitative estimate of drug-likeness (QED) is 0.113. The number of fused-ring (bicyclic) bond motifs is 1. The average molecular weight is 962 g/mol. The molecule has 3 heterocycles. The van der Waals surface area contributed by atoms with Crippen molar-refractivity contribution in [2.24, 2.45) is 17.8 Å². The largest absolute Gasteiger partial charge is 0.496 e. The van der Waals surface area contributed by atoms with Crippen LogP contribution >= 0.6 is 0 Å². The van der Waals surface area contributed by atoms with Gasteiger partial charge in [0.25, 0.3) is 0 Å². The molecule has 0 amide bonds. The van der Waals surface area contributed by atoms with Crippen LogP contribution in [0.3, 0.4) is 0 Å². The number of esters is 1. The summed E-state index contributed by atoms with van der Waals surface area (Å²) in [7, 11) is 6.97. The molecule has 0 spiro atoms. The second kappa shape index (κ2) is 23.8. The highest BCUT2D eigenvalue weighted by molar-refractivity contribution is 5.87. The molecule has 2 aromatic rings. The molecule has 6 N–H and O–H groups in total. The number of aliphatic hydroxyl groups excluding tert-OH is 3. The lowest BCUT2D eigenvalue weighted by Crippen LogP contribution is -2.60. The lowest BCUT2D eigenvalue weighted by molar-refractivity contribution is -0.318. The van der Waals surface area contributed by atoms with E-state index in [-0.39, 0.29) is 37.3 Å². The van der Waals surface area contributed by atoms with Gasteiger partial charge in [-0.1, -0.05) is 51.1 Å². The van der Waals surface area contributed by atoms with Gasteiger partial charge in [-0.3, -0.25) is 9.69 Å². The van der Waals surface area contributed by atoms with Crippen molar-refractivity contribution in [2.45, 2.75) is 198 Å². The van der Waals surface area contributed by atoms with Gasteiger partial charge in [0.1, 0.15) is 35.8 Å². The summed E-state index contributed by atoms with van der Waals surface area (Å²) in [6.45, 7) is 20.0. The Balaban J connectivity index is 1.50. The van der Waals surface area contributed by atoms with Gasteiger partial charge >= 0.3 is 5.97 Å². The van der Waals surface area contributed by atoms with Gasteiger partial charge < -0.3 is 68.9 Å². The van der Waals surface area contributed by atoms with Crippen LogP contribution < -0.4 is 10.1 Å². The lowest BCUT2D eigenvalue weighted by atomic mass is 9.77. The van der Waals surface area contributed by atoms with E-state index in [2.05, 4.69) is 28.4 Å². The molecular formula is C52H87N3O13. The molecule has 3 aliphatic rings. The number of nitrogens with zero attached hydrogens (tertiary/aromatic N) is 2. The number of methoxy groups -OCH3 is 2. The Hall–Kier alpha value is -2.55. The summed E-state index contributed by atoms with van der Waals surface area (Å²) in [6.07, 6.45) is -7.99. The van der Waals surface area contributed by atoms with Crippen LogP contribution in [0.15, 0.2) is 36.4 Å². The fourth-order valence-electron chi connectivity index (χ4n) is 11.2. The van der Waals surface area contributed by atoms with Gasteiger partial charge in [-0.15, -0.1) is 0 Å². The minimum absolute atomic E-state index is 0.116. The number of nitrogens with one attached hydrogen (secondary N) is 1. The summed E-state index contributed by atoms with van der Waals surface area (Å²) < 4.78 is 44.0. The second-order valence-electron chi connectivity index (χ2n) is 21.2. The molecule has 2 aromatic carbocycles. The van der Waals surface area contributed by atoms with Crippen molar-refractivity contribution >= 4 is 16.7 Å². The van der Waals surface area contributed by atoms with E-state index in [0.717, 1.165) is 22.1 Å². The molecule has 16 nitrogen and oxygen atoms in total. The molecule has 0 bridgehead atoms. The minimum Gasteiger partial charge on any atom is -0.496 e. The molecule has 3 saturated heterocycles. The van der Waals surface area contributed by atoms with Gasteiger partial charge in [0, 0.05) is 50.2 Å². The molecule has 68 heavy (non-hydrogen) atoms. The maximum absolute atomic E-state index is 14.6. The Morgan fingerprint density at radius 3 is 2.25 bits per heavy atom. The van der Waals surface area contributed by atoms with Crippen molar-refractivity contribution in [3.05, 3.63) is 42.0 Å². The Morgan fingerprint density at radius 1 is 0.912 bits per heavy atom. The number of carbonyl (C=O) groups excluding carboxylic acids is 1. The van der Waals surface area contributed by atoms with E-state index in [1.165, 1.54) is 14.0 Å². The molecule has 3 fully saturated rings. The van der Waals surface area contributed by atoms with Crippen LogP contribution in [0.4, 0.5) is 0 Å². The first-order valence-electron chi connectivity index (χ1n) is 24.9. The molecule has 16 heteroatoms. The van der Waals surface area contributed by atoms with Crippen molar-refractivity contribution in [3.63, 3.8) is 0 Å². The molecule has 3 aliphatic heterocycles. The fourth-order valence-corrected chi connectivity index (χ4v) is 11.2. The van der Waals surface area contributed by atoms with Crippen LogP contribution in [0.25, 0.3) is 10.8 Å². The maximum Gasteiger partial charge on any atom is 0.311 e. The predicted molar refractivity (Wildman–Crippen MR) is 260 cm³/mol. The zero-order valence-corrected chi connectivity index (χ0v) is 43.4. The molecule has 388 valence electrons. The third-order valence-corrected chi connectivity index (χ3v) is 15.4. The van der Waals surface area contributed by atoms with Crippen LogP contribution in [0.1, 0.15) is 107 Å². The first-order valence-corrected chi connectivity index (χ1v) is 24.9. The van der Waals surface area contributed by atoms with Gasteiger partial charge in [-0.2, -0.15) is 0 Å². The van der Waals surface area contributed by atoms with Crippen molar-refractivity contribution < 1.29 is 63.5 Å². The summed E-state index contributed by atoms with van der Waals surface area (Å²) in [5.41, 5.74) is -3.48. The summed E-state index contributed by atoms with van der Waals surface area (Å²) in [5, 5.41) is 66.1. The number of aliphatic hydroxyl groups is 5. The topological polar surface area (TPSA) is 201 Å². The Morgan fingerprint density at radius 2 is 1.60 bits per heavy atom. The van der Waals surface area contributed by atoms with E-state index in [1.807, 2.05) is 64.9 Å². The van der Waals surface area contributed by atoms with E-state index in [4.69, 9.17) is 33.2 Å². The zero-order chi connectivity index (χ0) is 50.5. The van der Waals surface area contributed by atoms with Crippen molar-refractivity contribution in [3.8, 4) is 5.75 Å². The standard InChI is InChI=1S/C52H87N3O13/c1-15-41-52(10,61)45(57)34(6)55(24-18-23-53-28-38-37-20-17-16-19-36(37)21-22-40(38)62-13)29-30(2)26-50(8,60)47(68-49-43(56)39(54(11)12)25-31(3)64-49)32(4)44(33(5)48(59)66-41)67-42-27-51(9,63-14)46(58)35(7)65-42/h16-17,19-22,30-35,39,41-47,49,53,56-58,60-61H,15,18,23-29H2,1-14H3/t30-,31-,32+,33-,34-,35+,39+,41-,42+,43-,44+,45-,46+,47-,49+,50-,51-,52-/m1/s1. The number of hydrogen-bond acceptors (Lipinski definition) is 16. The van der Waals surface area contributed by atoms with Gasteiger partial charge in [0.2, 0.25) is 0 Å². The third kappa shape index (κ3) is 12.9. The smallest absolute Gasteiger partial charge is 0.311 e. The van der Waals surface area contributed by atoms with E-state index >= 15 is 0 Å². The maximum atomic E-state index is 14.6. The lowest BCUT2D eigenvalue weighted by Gasteiger charge is -2.48. The Bertz CT molecular complexity index is 1900. The first-order chi connectivity index (χ1) is 31.9. The SMILES string of the molecule is CC[C@H]1OC(=O)[C@H](C)[C@@H](O[C@H]2C[C@@](C)(OC)[C@@H](O)[C@H](C)O2)[C@H](C)[C@@H](O[C@@H]2O[C@H](C)C[C@H](N(C)C)[C@H]2O)[C@](C)(O)C[C@@H](C)CN(CCCNCc2c(OC)ccc3ccccc23)[C@H](C)[C@@H](O)[C@]1(C)O. The number of carbonyl (C=O) groups is 1. The number of cyclic esters (lactones) is 1.